The van der Waals surface area contributed by atoms with Crippen molar-refractivity contribution < 1.29 is 20.1 Å². The fourth-order valence-electron chi connectivity index (χ4n) is 2.89. The Labute approximate surface area is 152 Å². The van der Waals surface area contributed by atoms with E-state index in [0.29, 0.717) is 5.25 Å². The van der Waals surface area contributed by atoms with E-state index < -0.39 is 5.97 Å². The molecule has 3 N–H and O–H groups in total. The van der Waals surface area contributed by atoms with Crippen LogP contribution < -0.4 is 0 Å². The highest BCUT2D eigenvalue weighted by Gasteiger charge is 2.11. The smallest absolute Gasteiger partial charge is 0.303 e. The molecule has 0 aromatic carbocycles. The summed E-state index contributed by atoms with van der Waals surface area (Å²) in [6, 6.07) is 0. The van der Waals surface area contributed by atoms with Crippen LogP contribution in [0.1, 0.15) is 90.4 Å². The quantitative estimate of drug-likeness (QED) is 0.310. The number of aliphatic carboxylic acids is 1. The van der Waals surface area contributed by atoms with Crippen molar-refractivity contribution in [2.75, 3.05) is 12.4 Å². The van der Waals surface area contributed by atoms with Gasteiger partial charge in [-0.3, -0.25) is 4.79 Å². The molecule has 0 aliphatic heterocycles. The van der Waals surface area contributed by atoms with E-state index in [0.717, 1.165) is 70.0 Å². The van der Waals surface area contributed by atoms with E-state index in [1.807, 2.05) is 11.8 Å². The predicted molar refractivity (Wildman–Crippen MR) is 103 cm³/mol. The molecular weight excluding hydrogens is 324 g/mol. The average Bonchev–Trinajstić information content (AvgIpc) is 2.55. The number of hydrogen-bond donors (Lipinski definition) is 3. The van der Waals surface area contributed by atoms with Crippen molar-refractivity contribution in [2.24, 2.45) is 0 Å². The maximum Gasteiger partial charge on any atom is 0.303 e. The molecule has 0 unspecified atom stereocenters. The lowest BCUT2D eigenvalue weighted by molar-refractivity contribution is -0.137. The molecule has 0 spiro atoms. The van der Waals surface area contributed by atoms with E-state index in [9.17, 15) is 9.90 Å². The molecule has 0 heterocycles. The zero-order valence-electron chi connectivity index (χ0n) is 15.4. The van der Waals surface area contributed by atoms with Gasteiger partial charge in [-0.2, -0.15) is 11.8 Å². The summed E-state index contributed by atoms with van der Waals surface area (Å²) in [5.41, 5.74) is 0. The third-order valence-electron chi connectivity index (χ3n) is 4.32. The Bertz CT molecular complexity index is 287. The molecule has 0 saturated carbocycles. The minimum absolute atomic E-state index is 0.156. The first-order valence-corrected chi connectivity index (χ1v) is 10.8. The van der Waals surface area contributed by atoms with Gasteiger partial charge in [-0.25, -0.2) is 0 Å². The maximum absolute atomic E-state index is 10.5. The summed E-state index contributed by atoms with van der Waals surface area (Å²) in [6.07, 6.45) is 12.7. The number of rotatable bonds is 18. The molecule has 0 bridgehead atoms. The molecule has 144 valence electrons. The van der Waals surface area contributed by atoms with Gasteiger partial charge in [-0.1, -0.05) is 45.4 Å². The Morgan fingerprint density at radius 3 is 2.21 bits per heavy atom. The summed E-state index contributed by atoms with van der Waals surface area (Å²) in [7, 11) is 0. The Morgan fingerprint density at radius 1 is 0.917 bits per heavy atom. The van der Waals surface area contributed by atoms with Gasteiger partial charge in [0.05, 0.1) is 12.7 Å². The molecule has 0 rings (SSSR count). The summed E-state index contributed by atoms with van der Waals surface area (Å²) < 4.78 is 0. The van der Waals surface area contributed by atoms with E-state index in [-0.39, 0.29) is 19.1 Å². The highest BCUT2D eigenvalue weighted by atomic mass is 32.2. The molecule has 0 aromatic rings. The van der Waals surface area contributed by atoms with Crippen molar-refractivity contribution in [2.45, 2.75) is 102 Å². The van der Waals surface area contributed by atoms with Crippen molar-refractivity contribution in [3.05, 3.63) is 0 Å². The fourth-order valence-corrected chi connectivity index (χ4v) is 3.99. The number of carboxylic acids is 1. The molecule has 0 saturated heterocycles. The van der Waals surface area contributed by atoms with Crippen molar-refractivity contribution in [1.29, 1.82) is 0 Å². The summed E-state index contributed by atoms with van der Waals surface area (Å²) in [4.78, 5) is 10.5. The van der Waals surface area contributed by atoms with Crippen molar-refractivity contribution in [3.8, 4) is 0 Å². The van der Waals surface area contributed by atoms with E-state index in [2.05, 4.69) is 6.92 Å². The first-order valence-electron chi connectivity index (χ1n) is 9.72. The monoisotopic (exact) mass is 362 g/mol. The van der Waals surface area contributed by atoms with Crippen LogP contribution in [0.25, 0.3) is 0 Å². The summed E-state index contributed by atoms with van der Waals surface area (Å²) in [5.74, 6) is 0.0757. The van der Waals surface area contributed by atoms with E-state index >= 15 is 0 Å². The van der Waals surface area contributed by atoms with Gasteiger partial charge in [0.2, 0.25) is 0 Å². The zero-order valence-corrected chi connectivity index (χ0v) is 16.2. The van der Waals surface area contributed by atoms with Gasteiger partial charge in [0.1, 0.15) is 0 Å². The Kier molecular flexibility index (Phi) is 17.4. The van der Waals surface area contributed by atoms with Crippen molar-refractivity contribution in [1.82, 2.24) is 0 Å². The Hall–Kier alpha value is -0.260. The average molecular weight is 363 g/mol. The minimum atomic E-state index is -0.705. The summed E-state index contributed by atoms with van der Waals surface area (Å²) >= 11 is 1.84. The number of aliphatic hydroxyl groups is 2. The molecule has 2 atom stereocenters. The highest BCUT2D eigenvalue weighted by Crippen LogP contribution is 2.24. The molecule has 24 heavy (non-hydrogen) atoms. The molecule has 0 aliphatic rings. The zero-order chi connectivity index (χ0) is 18.0. The number of carbonyl (C=O) groups is 1. The normalized spacial score (nSPS) is 13.8. The SMILES string of the molecule is CCCCC[C@H](O)CCC[C@@H](CCCCCCC(=O)O)SCCO. The van der Waals surface area contributed by atoms with Crippen LogP contribution >= 0.6 is 11.8 Å². The third-order valence-corrected chi connectivity index (χ3v) is 5.68. The first-order chi connectivity index (χ1) is 11.6. The van der Waals surface area contributed by atoms with Crippen molar-refractivity contribution in [3.63, 3.8) is 0 Å². The van der Waals surface area contributed by atoms with E-state index in [1.54, 1.807) is 0 Å². The molecule has 0 amide bonds. The first kappa shape index (κ1) is 23.7. The number of hydrogen-bond acceptors (Lipinski definition) is 4. The number of thioether (sulfide) groups is 1. The second kappa shape index (κ2) is 17.6. The topological polar surface area (TPSA) is 77.8 Å². The fraction of sp³-hybridized carbons (Fsp3) is 0.947. The van der Waals surface area contributed by atoms with Crippen LogP contribution in [-0.2, 0) is 4.79 Å². The lowest BCUT2D eigenvalue weighted by Gasteiger charge is -2.17. The second-order valence-electron chi connectivity index (χ2n) is 6.64. The number of carboxylic acid groups (broad SMARTS) is 1. The van der Waals surface area contributed by atoms with Crippen LogP contribution in [0, 0.1) is 0 Å². The summed E-state index contributed by atoms with van der Waals surface area (Å²) in [5, 5.41) is 28.2. The molecule has 0 fully saturated rings. The van der Waals surface area contributed by atoms with Crippen LogP contribution in [0.3, 0.4) is 0 Å². The standard InChI is InChI=1S/C19H38O4S/c1-2-3-6-10-17(21)11-9-13-18(24-16-15-20)12-7-4-5-8-14-19(22)23/h17-18,20-21H,2-16H2,1H3,(H,22,23)/t17-,18+/m0/s1. The maximum atomic E-state index is 10.5. The van der Waals surface area contributed by atoms with Crippen LogP contribution in [-0.4, -0.2) is 45.0 Å². The Morgan fingerprint density at radius 2 is 1.54 bits per heavy atom. The van der Waals surface area contributed by atoms with Crippen LogP contribution in [0.5, 0.6) is 0 Å². The molecular formula is C19H38O4S. The van der Waals surface area contributed by atoms with Gasteiger partial charge in [0, 0.05) is 17.4 Å². The Balaban J connectivity index is 3.77. The van der Waals surface area contributed by atoms with Crippen LogP contribution in [0.2, 0.25) is 0 Å². The van der Waals surface area contributed by atoms with Gasteiger partial charge in [-0.05, 0) is 38.5 Å². The highest BCUT2D eigenvalue weighted by molar-refractivity contribution is 7.99. The van der Waals surface area contributed by atoms with Crippen LogP contribution in [0.15, 0.2) is 0 Å². The van der Waals surface area contributed by atoms with E-state index in [4.69, 9.17) is 10.2 Å². The number of unbranched alkanes of at least 4 members (excludes halogenated alkanes) is 5. The molecule has 0 aliphatic carbocycles. The van der Waals surface area contributed by atoms with Gasteiger partial charge in [0.25, 0.3) is 0 Å². The third kappa shape index (κ3) is 16.6. The lowest BCUT2D eigenvalue weighted by atomic mass is 10.0. The predicted octanol–water partition coefficient (Wildman–Crippen LogP) is 4.62. The lowest BCUT2D eigenvalue weighted by Crippen LogP contribution is -2.10. The van der Waals surface area contributed by atoms with Crippen molar-refractivity contribution >= 4 is 17.7 Å². The van der Waals surface area contributed by atoms with E-state index in [1.165, 1.54) is 12.8 Å². The van der Waals surface area contributed by atoms with Gasteiger partial charge in [-0.15, -0.1) is 0 Å². The van der Waals surface area contributed by atoms with Gasteiger partial charge in [0.15, 0.2) is 0 Å². The van der Waals surface area contributed by atoms with Crippen LogP contribution in [0.4, 0.5) is 0 Å². The summed E-state index contributed by atoms with van der Waals surface area (Å²) in [6.45, 7) is 2.40. The minimum Gasteiger partial charge on any atom is -0.481 e. The molecule has 0 aromatic heterocycles. The van der Waals surface area contributed by atoms with Gasteiger partial charge < -0.3 is 15.3 Å². The number of aliphatic hydroxyl groups excluding tert-OH is 2. The second-order valence-corrected chi connectivity index (χ2v) is 8.05. The largest absolute Gasteiger partial charge is 0.481 e. The molecule has 5 heteroatoms. The van der Waals surface area contributed by atoms with Gasteiger partial charge >= 0.3 is 5.97 Å². The molecule has 0 radical (unpaired) electrons. The molecule has 4 nitrogen and oxygen atoms in total.